The maximum Gasteiger partial charge on any atom is 0.339 e. The fourth-order valence-corrected chi connectivity index (χ4v) is 3.60. The highest BCUT2D eigenvalue weighted by molar-refractivity contribution is 7.13. The number of thiazole rings is 1. The predicted octanol–water partition coefficient (Wildman–Crippen LogP) is 3.83. The summed E-state index contributed by atoms with van der Waals surface area (Å²) in [5.41, 5.74) is 2.08. The van der Waals surface area contributed by atoms with E-state index in [1.165, 1.54) is 17.6 Å². The number of esters is 1. The summed E-state index contributed by atoms with van der Waals surface area (Å²) in [4.78, 5) is 33.7. The van der Waals surface area contributed by atoms with Crippen LogP contribution in [0.2, 0.25) is 0 Å². The van der Waals surface area contributed by atoms with Crippen LogP contribution in [-0.4, -0.2) is 38.2 Å². The van der Waals surface area contributed by atoms with E-state index in [-0.39, 0.29) is 11.6 Å². The molecule has 154 valence electrons. The summed E-state index contributed by atoms with van der Waals surface area (Å²) in [5.74, 6) is -0.601. The molecule has 0 aromatic carbocycles. The van der Waals surface area contributed by atoms with Crippen molar-refractivity contribution in [1.82, 2.24) is 19.7 Å². The van der Waals surface area contributed by atoms with Crippen molar-refractivity contribution in [3.63, 3.8) is 0 Å². The van der Waals surface area contributed by atoms with Crippen molar-refractivity contribution in [3.05, 3.63) is 47.3 Å². The minimum absolute atomic E-state index is 0.0400. The van der Waals surface area contributed by atoms with Crippen LogP contribution in [0.3, 0.4) is 0 Å². The lowest BCUT2D eigenvalue weighted by Crippen LogP contribution is -2.21. The van der Waals surface area contributed by atoms with Crippen molar-refractivity contribution in [3.8, 4) is 11.5 Å². The lowest BCUT2D eigenvalue weighted by Gasteiger charge is -2.10. The van der Waals surface area contributed by atoms with Crippen LogP contribution < -0.4 is 5.32 Å². The Morgan fingerprint density at radius 2 is 2.17 bits per heavy atom. The molecule has 0 aliphatic heterocycles. The lowest BCUT2D eigenvalue weighted by molar-refractivity contribution is -0.119. The summed E-state index contributed by atoms with van der Waals surface area (Å²) in [5, 5.41) is 9.77. The molecule has 0 aliphatic rings. The molecular weight excluding hydrogens is 406 g/mol. The van der Waals surface area contributed by atoms with Crippen LogP contribution in [0.25, 0.3) is 22.5 Å². The molecule has 0 spiro atoms. The van der Waals surface area contributed by atoms with Gasteiger partial charge in [0.1, 0.15) is 5.69 Å². The second-order valence-electron chi connectivity index (χ2n) is 6.87. The number of hydrogen-bond donors (Lipinski definition) is 1. The zero-order valence-electron chi connectivity index (χ0n) is 16.6. The highest BCUT2D eigenvalue weighted by Gasteiger charge is 2.21. The number of fused-ring (bicyclic) bond motifs is 1. The molecule has 30 heavy (non-hydrogen) atoms. The van der Waals surface area contributed by atoms with E-state index in [0.717, 1.165) is 5.69 Å². The van der Waals surface area contributed by atoms with Gasteiger partial charge in [0.15, 0.2) is 23.1 Å². The second kappa shape index (κ2) is 8.07. The number of nitrogens with zero attached hydrogens (tertiary/aromatic N) is 4. The summed E-state index contributed by atoms with van der Waals surface area (Å²) in [6, 6.07) is 5.11. The minimum Gasteiger partial charge on any atom is -0.463 e. The Bertz CT molecular complexity index is 1210. The Hall–Kier alpha value is -3.53. The van der Waals surface area contributed by atoms with Gasteiger partial charge in [-0.2, -0.15) is 5.10 Å². The minimum atomic E-state index is -0.649. The molecule has 1 N–H and O–H groups in total. The fraction of sp³-hybridized carbons (Fsp3) is 0.250. The third-order valence-corrected chi connectivity index (χ3v) is 5.12. The van der Waals surface area contributed by atoms with Gasteiger partial charge in [0, 0.05) is 11.4 Å². The van der Waals surface area contributed by atoms with Crippen LogP contribution >= 0.6 is 11.3 Å². The fourth-order valence-electron chi connectivity index (χ4n) is 2.89. The number of carbonyl (C=O) groups excluding carboxylic acids is 2. The van der Waals surface area contributed by atoms with E-state index in [9.17, 15) is 9.59 Å². The summed E-state index contributed by atoms with van der Waals surface area (Å²) < 4.78 is 12.4. The smallest absolute Gasteiger partial charge is 0.339 e. The maximum atomic E-state index is 12.8. The normalized spacial score (nSPS) is 11.2. The topological polar surface area (TPSA) is 112 Å². The van der Waals surface area contributed by atoms with E-state index < -0.39 is 18.5 Å². The molecule has 1 amide bonds. The van der Waals surface area contributed by atoms with E-state index in [1.54, 1.807) is 29.1 Å². The highest BCUT2D eigenvalue weighted by atomic mass is 32.1. The number of anilines is 1. The van der Waals surface area contributed by atoms with Crippen molar-refractivity contribution in [2.24, 2.45) is 0 Å². The van der Waals surface area contributed by atoms with Crippen LogP contribution in [-0.2, 0) is 9.53 Å². The van der Waals surface area contributed by atoms with Crippen LogP contribution in [0.15, 0.2) is 40.5 Å². The Morgan fingerprint density at radius 3 is 2.83 bits per heavy atom. The summed E-state index contributed by atoms with van der Waals surface area (Å²) in [6.45, 7) is 5.33. The van der Waals surface area contributed by atoms with Crippen molar-refractivity contribution >= 4 is 39.4 Å². The molecule has 0 saturated carbocycles. The number of amides is 1. The summed E-state index contributed by atoms with van der Waals surface area (Å²) in [6.07, 6.45) is 3.10. The van der Waals surface area contributed by atoms with E-state index >= 15 is 0 Å². The first kappa shape index (κ1) is 19.8. The first-order chi connectivity index (χ1) is 14.4. The second-order valence-corrected chi connectivity index (χ2v) is 7.73. The number of rotatable bonds is 6. The lowest BCUT2D eigenvalue weighted by atomic mass is 10.1. The standard InChI is InChI=1S/C20H19N5O4S/c1-11(2)25-18-14(8-21-25)13(7-15(23-18)16-5-4-6-28-16)19(27)29-9-17(26)24-20-22-12(3)10-30-20/h4-8,10-11H,9H2,1-3H3,(H,22,24,26). The van der Waals surface area contributed by atoms with Gasteiger partial charge in [-0.05, 0) is 39.0 Å². The third-order valence-electron chi connectivity index (χ3n) is 4.25. The molecule has 0 atom stereocenters. The van der Waals surface area contributed by atoms with Crippen LogP contribution in [0.5, 0.6) is 0 Å². The third kappa shape index (κ3) is 3.94. The number of aryl methyl sites for hydroxylation is 1. The Labute approximate surface area is 175 Å². The van der Waals surface area contributed by atoms with E-state index in [4.69, 9.17) is 9.15 Å². The number of hydrogen-bond acceptors (Lipinski definition) is 8. The van der Waals surface area contributed by atoms with Gasteiger partial charge in [-0.25, -0.2) is 19.4 Å². The molecule has 0 radical (unpaired) electrons. The van der Waals surface area contributed by atoms with Crippen LogP contribution in [0.4, 0.5) is 5.13 Å². The van der Waals surface area contributed by atoms with Gasteiger partial charge < -0.3 is 9.15 Å². The van der Waals surface area contributed by atoms with Gasteiger partial charge in [0.05, 0.1) is 29.1 Å². The number of ether oxygens (including phenoxy) is 1. The van der Waals surface area contributed by atoms with Gasteiger partial charge in [-0.15, -0.1) is 11.3 Å². The van der Waals surface area contributed by atoms with Gasteiger partial charge in [-0.3, -0.25) is 10.1 Å². The van der Waals surface area contributed by atoms with Gasteiger partial charge in [0.2, 0.25) is 0 Å². The Morgan fingerprint density at radius 1 is 1.33 bits per heavy atom. The van der Waals surface area contributed by atoms with Gasteiger partial charge in [-0.1, -0.05) is 0 Å². The molecule has 9 nitrogen and oxygen atoms in total. The first-order valence-electron chi connectivity index (χ1n) is 9.23. The van der Waals surface area contributed by atoms with E-state index in [0.29, 0.717) is 27.6 Å². The number of carbonyl (C=O) groups is 2. The summed E-state index contributed by atoms with van der Waals surface area (Å²) in [7, 11) is 0. The largest absolute Gasteiger partial charge is 0.463 e. The van der Waals surface area contributed by atoms with E-state index in [2.05, 4.69) is 20.4 Å². The zero-order chi connectivity index (χ0) is 21.3. The molecule has 4 aromatic heterocycles. The molecule has 4 aromatic rings. The summed E-state index contributed by atoms with van der Waals surface area (Å²) >= 11 is 1.30. The van der Waals surface area contributed by atoms with Gasteiger partial charge >= 0.3 is 5.97 Å². The molecule has 0 aliphatic carbocycles. The molecule has 0 unspecified atom stereocenters. The number of furan rings is 1. The van der Waals surface area contributed by atoms with Crippen LogP contribution in [0.1, 0.15) is 35.9 Å². The van der Waals surface area contributed by atoms with Crippen molar-refractivity contribution < 1.29 is 18.7 Å². The average molecular weight is 425 g/mol. The average Bonchev–Trinajstić information content (AvgIpc) is 3.45. The highest BCUT2D eigenvalue weighted by Crippen LogP contribution is 2.27. The molecule has 0 saturated heterocycles. The van der Waals surface area contributed by atoms with Crippen molar-refractivity contribution in [1.29, 1.82) is 0 Å². The zero-order valence-corrected chi connectivity index (χ0v) is 17.4. The molecule has 4 heterocycles. The van der Waals surface area contributed by atoms with Crippen molar-refractivity contribution in [2.45, 2.75) is 26.8 Å². The molecule has 0 fully saturated rings. The van der Waals surface area contributed by atoms with Crippen LogP contribution in [0, 0.1) is 6.92 Å². The van der Waals surface area contributed by atoms with Gasteiger partial charge in [0.25, 0.3) is 5.91 Å². The van der Waals surface area contributed by atoms with E-state index in [1.807, 2.05) is 26.2 Å². The quantitative estimate of drug-likeness (QED) is 0.467. The first-order valence-corrected chi connectivity index (χ1v) is 10.1. The van der Waals surface area contributed by atoms with Crippen molar-refractivity contribution in [2.75, 3.05) is 11.9 Å². The maximum absolute atomic E-state index is 12.8. The SMILES string of the molecule is Cc1csc(NC(=O)COC(=O)c2cc(-c3ccco3)nc3c2cnn3C(C)C)n1. The Kier molecular flexibility index (Phi) is 5.32. The number of aromatic nitrogens is 4. The number of nitrogens with one attached hydrogen (secondary N) is 1. The molecule has 10 heteroatoms. The monoisotopic (exact) mass is 425 g/mol. The predicted molar refractivity (Wildman–Crippen MR) is 111 cm³/mol. The molecule has 0 bridgehead atoms. The number of pyridine rings is 1. The molecule has 4 rings (SSSR count). The molecular formula is C20H19N5O4S. The Balaban J connectivity index is 1.60.